The van der Waals surface area contributed by atoms with Crippen LogP contribution in [0.1, 0.15) is 59.1 Å². The molecule has 0 amide bonds. The zero-order chi connectivity index (χ0) is 30.2. The minimum Gasteiger partial charge on any atom is -0.135 e. The highest BCUT2D eigenvalue weighted by Crippen LogP contribution is 2.47. The summed E-state index contributed by atoms with van der Waals surface area (Å²) in [6.07, 6.45) is 11.0. The van der Waals surface area contributed by atoms with Gasteiger partial charge in [0.05, 0.1) is 0 Å². The van der Waals surface area contributed by atoms with Crippen LogP contribution >= 0.6 is 11.3 Å². The Morgan fingerprint density at radius 1 is 0.391 bits per heavy atom. The highest BCUT2D eigenvalue weighted by Gasteiger charge is 2.22. The molecule has 0 spiro atoms. The van der Waals surface area contributed by atoms with Crippen LogP contribution in [0, 0.1) is 0 Å². The van der Waals surface area contributed by atoms with E-state index in [2.05, 4.69) is 109 Å². The first-order valence-electron chi connectivity index (χ1n) is 17.2. The van der Waals surface area contributed by atoms with Crippen LogP contribution in [0.4, 0.5) is 0 Å². The Labute approximate surface area is 275 Å². The molecule has 0 nitrogen and oxygen atoms in total. The molecule has 6 aromatic carbocycles. The van der Waals surface area contributed by atoms with E-state index in [0.717, 1.165) is 6.42 Å². The van der Waals surface area contributed by atoms with Crippen LogP contribution in [0.5, 0.6) is 0 Å². The van der Waals surface area contributed by atoms with Gasteiger partial charge in [0.25, 0.3) is 0 Å². The molecule has 0 bridgehead atoms. The lowest BCUT2D eigenvalue weighted by Crippen LogP contribution is -2.04. The first-order chi connectivity index (χ1) is 22.8. The minimum absolute atomic E-state index is 1.03. The van der Waals surface area contributed by atoms with Crippen molar-refractivity contribution in [2.45, 2.75) is 57.8 Å². The van der Waals surface area contributed by atoms with Crippen molar-refractivity contribution in [3.05, 3.63) is 143 Å². The monoisotopic (exact) mass is 608 g/mol. The number of fused-ring (bicyclic) bond motifs is 8. The van der Waals surface area contributed by atoms with E-state index in [4.69, 9.17) is 0 Å². The van der Waals surface area contributed by atoms with Crippen molar-refractivity contribution < 1.29 is 0 Å². The summed E-state index contributed by atoms with van der Waals surface area (Å²) in [6.45, 7) is 0. The average Bonchev–Trinajstić information content (AvgIpc) is 3.68. The van der Waals surface area contributed by atoms with Crippen LogP contribution in [0.25, 0.3) is 64.7 Å². The fraction of sp³-hybridized carbons (Fsp3) is 0.200. The van der Waals surface area contributed by atoms with Gasteiger partial charge in [-0.25, -0.2) is 0 Å². The molecule has 0 saturated carbocycles. The van der Waals surface area contributed by atoms with Crippen molar-refractivity contribution >= 4 is 31.5 Å². The lowest BCUT2D eigenvalue weighted by molar-refractivity contribution is 0.687. The highest BCUT2D eigenvalue weighted by molar-refractivity contribution is 7.26. The molecule has 10 rings (SSSR count). The molecule has 0 unspecified atom stereocenters. The van der Waals surface area contributed by atoms with E-state index >= 15 is 0 Å². The van der Waals surface area contributed by atoms with Crippen LogP contribution in [-0.4, -0.2) is 0 Å². The summed E-state index contributed by atoms with van der Waals surface area (Å²) in [5.41, 5.74) is 20.2. The standard InChI is InChI=1S/C45H36S/c1-4-14-35-28(9-1)12-7-17-37(35)32-21-22-44-42(25-32)43-27-34(39-18-8-13-29-10-2-5-15-36(29)39)26-41(45(43)46-44)33-20-19-31-23-30-11-3-6-16-38(30)40(31)24-33/h3,6-8,11-13,16-22,24-27H,1-2,4-5,9-10,14-15,23H2. The van der Waals surface area contributed by atoms with Gasteiger partial charge in [-0.1, -0.05) is 78.9 Å². The van der Waals surface area contributed by atoms with E-state index in [1.165, 1.54) is 127 Å². The fourth-order valence-corrected chi connectivity index (χ4v) is 10.0. The van der Waals surface area contributed by atoms with Crippen LogP contribution in [0.2, 0.25) is 0 Å². The normalized spacial score (nSPS) is 15.0. The molecule has 0 N–H and O–H groups in total. The van der Waals surface area contributed by atoms with Crippen molar-refractivity contribution in [3.63, 3.8) is 0 Å². The van der Waals surface area contributed by atoms with Gasteiger partial charge < -0.3 is 0 Å². The number of rotatable bonds is 3. The molecule has 0 aliphatic heterocycles. The number of benzene rings is 6. The Bertz CT molecular complexity index is 2350. The molecule has 3 aliphatic rings. The Hall–Kier alpha value is -4.46. The minimum atomic E-state index is 1.03. The zero-order valence-corrected chi connectivity index (χ0v) is 27.0. The summed E-state index contributed by atoms with van der Waals surface area (Å²) < 4.78 is 2.78. The van der Waals surface area contributed by atoms with Gasteiger partial charge in [0.1, 0.15) is 0 Å². The second-order valence-corrected chi connectivity index (χ2v) is 14.8. The number of thiophene rings is 1. The molecule has 222 valence electrons. The van der Waals surface area contributed by atoms with Crippen molar-refractivity contribution in [2.24, 2.45) is 0 Å². The predicted molar refractivity (Wildman–Crippen MR) is 197 cm³/mol. The van der Waals surface area contributed by atoms with Crippen molar-refractivity contribution in [2.75, 3.05) is 0 Å². The van der Waals surface area contributed by atoms with Gasteiger partial charge in [-0.15, -0.1) is 11.3 Å². The highest BCUT2D eigenvalue weighted by atomic mass is 32.1. The summed E-state index contributed by atoms with van der Waals surface area (Å²) in [5.74, 6) is 0. The van der Waals surface area contributed by atoms with Crippen LogP contribution in [0.15, 0.2) is 109 Å². The summed E-state index contributed by atoms with van der Waals surface area (Å²) >= 11 is 1.97. The lowest BCUT2D eigenvalue weighted by Gasteiger charge is -2.20. The van der Waals surface area contributed by atoms with Crippen LogP contribution in [0.3, 0.4) is 0 Å². The number of aryl methyl sites for hydroxylation is 2. The van der Waals surface area contributed by atoms with Gasteiger partial charge in [-0.2, -0.15) is 0 Å². The third-order valence-corrected chi connectivity index (χ3v) is 12.3. The Kier molecular flexibility index (Phi) is 6.13. The first kappa shape index (κ1) is 26.7. The second-order valence-electron chi connectivity index (χ2n) is 13.7. The molecule has 1 heterocycles. The first-order valence-corrected chi connectivity index (χ1v) is 18.0. The fourth-order valence-electron chi connectivity index (χ4n) is 8.81. The molecule has 0 fully saturated rings. The third kappa shape index (κ3) is 4.18. The summed E-state index contributed by atoms with van der Waals surface area (Å²) in [6, 6.07) is 42.5. The molecule has 1 aromatic heterocycles. The maximum atomic E-state index is 2.52. The smallest absolute Gasteiger partial charge is 0.0434 e. The Morgan fingerprint density at radius 3 is 1.78 bits per heavy atom. The number of hydrogen-bond donors (Lipinski definition) is 0. The van der Waals surface area contributed by atoms with Crippen LogP contribution in [-0.2, 0) is 32.1 Å². The molecule has 0 radical (unpaired) electrons. The summed E-state index contributed by atoms with van der Waals surface area (Å²) in [4.78, 5) is 0. The van der Waals surface area contributed by atoms with E-state index in [9.17, 15) is 0 Å². The van der Waals surface area contributed by atoms with Crippen molar-refractivity contribution in [1.82, 2.24) is 0 Å². The summed E-state index contributed by atoms with van der Waals surface area (Å²) in [7, 11) is 0. The van der Waals surface area contributed by atoms with Crippen molar-refractivity contribution in [1.29, 1.82) is 0 Å². The van der Waals surface area contributed by atoms with E-state index in [1.807, 2.05) is 11.3 Å². The molecule has 46 heavy (non-hydrogen) atoms. The topological polar surface area (TPSA) is 0 Å². The maximum absolute atomic E-state index is 2.52. The molecule has 1 heteroatoms. The summed E-state index contributed by atoms with van der Waals surface area (Å²) in [5, 5.41) is 2.79. The molecule has 0 atom stereocenters. The largest absolute Gasteiger partial charge is 0.135 e. The predicted octanol–water partition coefficient (Wildman–Crippen LogP) is 12.4. The average molecular weight is 609 g/mol. The molecular formula is C45H36S. The van der Waals surface area contributed by atoms with Crippen LogP contribution < -0.4 is 0 Å². The Morgan fingerprint density at radius 2 is 0.978 bits per heavy atom. The molecule has 7 aromatic rings. The van der Waals surface area contributed by atoms with Gasteiger partial charge in [0.15, 0.2) is 0 Å². The van der Waals surface area contributed by atoms with Gasteiger partial charge in [0, 0.05) is 25.7 Å². The van der Waals surface area contributed by atoms with E-state index in [-0.39, 0.29) is 0 Å². The van der Waals surface area contributed by atoms with Gasteiger partial charge in [-0.05, 0) is 160 Å². The van der Waals surface area contributed by atoms with Crippen molar-refractivity contribution in [3.8, 4) is 44.5 Å². The van der Waals surface area contributed by atoms with E-state index in [0.29, 0.717) is 0 Å². The van der Waals surface area contributed by atoms with E-state index < -0.39 is 0 Å². The van der Waals surface area contributed by atoms with Gasteiger partial charge in [0.2, 0.25) is 0 Å². The SMILES string of the molecule is c1ccc2c(c1)Cc1ccc(-c3cc(-c4cccc5c4CCCC5)cc4c3sc3ccc(-c5cccc6c5CCCC6)cc34)cc1-2. The zero-order valence-electron chi connectivity index (χ0n) is 26.2. The second kappa shape index (κ2) is 10.5. The lowest BCUT2D eigenvalue weighted by atomic mass is 9.84. The maximum Gasteiger partial charge on any atom is 0.0434 e. The molecule has 0 saturated heterocycles. The van der Waals surface area contributed by atoms with Gasteiger partial charge in [-0.3, -0.25) is 0 Å². The molecule has 3 aliphatic carbocycles. The molecular weight excluding hydrogens is 573 g/mol. The van der Waals surface area contributed by atoms with E-state index in [1.54, 1.807) is 22.3 Å². The number of hydrogen-bond acceptors (Lipinski definition) is 1. The quantitative estimate of drug-likeness (QED) is 0.187. The Balaban J connectivity index is 1.22. The van der Waals surface area contributed by atoms with Gasteiger partial charge >= 0.3 is 0 Å². The third-order valence-electron chi connectivity index (χ3n) is 11.1.